The molecule has 0 unspecified atom stereocenters. The van der Waals surface area contributed by atoms with Crippen LogP contribution in [-0.4, -0.2) is 24.8 Å². The Morgan fingerprint density at radius 2 is 1.96 bits per heavy atom. The van der Waals surface area contributed by atoms with E-state index in [1.54, 1.807) is 0 Å². The lowest BCUT2D eigenvalue weighted by atomic mass is 10.00. The fourth-order valence-electron chi connectivity index (χ4n) is 2.60. The third-order valence-corrected chi connectivity index (χ3v) is 3.74. The quantitative estimate of drug-likeness (QED) is 0.871. The van der Waals surface area contributed by atoms with Gasteiger partial charge in [0, 0.05) is 18.5 Å². The van der Waals surface area contributed by atoms with Gasteiger partial charge in [-0.05, 0) is 30.3 Å². The van der Waals surface area contributed by atoms with Gasteiger partial charge in [-0.2, -0.15) is 0 Å². The van der Waals surface area contributed by atoms with Gasteiger partial charge >= 0.3 is 0 Å². The normalized spacial score (nSPS) is 13.6. The minimum absolute atomic E-state index is 0.135. The van der Waals surface area contributed by atoms with Crippen LogP contribution in [0.4, 0.5) is 10.1 Å². The molecule has 0 N–H and O–H groups in total. The van der Waals surface area contributed by atoms with Crippen LogP contribution in [0.15, 0.2) is 48.5 Å². The number of carbonyl (C=O) groups excluding carboxylic acids is 2. The Morgan fingerprint density at radius 3 is 2.74 bits per heavy atom. The molecule has 0 saturated carbocycles. The van der Waals surface area contributed by atoms with Gasteiger partial charge in [-0.15, -0.1) is 0 Å². The molecule has 0 atom stereocenters. The summed E-state index contributed by atoms with van der Waals surface area (Å²) in [5, 5.41) is 0. The van der Waals surface area contributed by atoms with Crippen LogP contribution in [0.1, 0.15) is 23.2 Å². The van der Waals surface area contributed by atoms with E-state index in [-0.39, 0.29) is 36.7 Å². The van der Waals surface area contributed by atoms with Gasteiger partial charge in [-0.3, -0.25) is 9.59 Å². The van der Waals surface area contributed by atoms with Crippen molar-refractivity contribution in [3.8, 4) is 5.75 Å². The highest BCUT2D eigenvalue weighted by atomic mass is 19.1. The largest absolute Gasteiger partial charge is 0.493 e. The molecule has 0 bridgehead atoms. The molecule has 0 aromatic heterocycles. The molecule has 0 radical (unpaired) electrons. The number of amides is 1. The van der Waals surface area contributed by atoms with E-state index in [1.165, 1.54) is 23.1 Å². The van der Waals surface area contributed by atoms with Crippen molar-refractivity contribution in [2.75, 3.05) is 18.1 Å². The molecule has 118 valence electrons. The Hall–Kier alpha value is -2.69. The van der Waals surface area contributed by atoms with Gasteiger partial charge in [-0.1, -0.05) is 18.2 Å². The second-order valence-corrected chi connectivity index (χ2v) is 5.29. The van der Waals surface area contributed by atoms with E-state index in [0.717, 1.165) is 0 Å². The molecule has 1 amide bonds. The van der Waals surface area contributed by atoms with Crippen LogP contribution in [0.3, 0.4) is 0 Å². The first-order valence-corrected chi connectivity index (χ1v) is 7.46. The van der Waals surface area contributed by atoms with Crippen LogP contribution in [0.2, 0.25) is 0 Å². The molecule has 3 rings (SSSR count). The molecule has 1 aliphatic heterocycles. The Balaban J connectivity index is 1.66. The molecule has 0 aliphatic carbocycles. The number of para-hydroxylation sites is 1. The van der Waals surface area contributed by atoms with Gasteiger partial charge in [0.25, 0.3) is 0 Å². The Labute approximate surface area is 133 Å². The summed E-state index contributed by atoms with van der Waals surface area (Å²) in [5.74, 6) is -0.0409. The number of ketones is 1. The molecule has 23 heavy (non-hydrogen) atoms. The molecule has 2 aromatic rings. The van der Waals surface area contributed by atoms with E-state index in [1.807, 2.05) is 30.3 Å². The molecule has 1 heterocycles. The van der Waals surface area contributed by atoms with Crippen LogP contribution in [0.25, 0.3) is 0 Å². The lowest BCUT2D eigenvalue weighted by molar-refractivity contribution is -0.119. The molecular weight excluding hydrogens is 297 g/mol. The zero-order chi connectivity index (χ0) is 16.2. The van der Waals surface area contributed by atoms with Crippen molar-refractivity contribution in [3.63, 3.8) is 0 Å². The number of hydrogen-bond donors (Lipinski definition) is 0. The lowest BCUT2D eigenvalue weighted by Crippen LogP contribution is -2.38. The number of anilines is 1. The third-order valence-electron chi connectivity index (χ3n) is 3.74. The number of ether oxygens (including phenoxy) is 1. The number of carbonyl (C=O) groups is 2. The van der Waals surface area contributed by atoms with Crippen LogP contribution in [-0.2, 0) is 4.79 Å². The predicted octanol–water partition coefficient (Wildman–Crippen LogP) is 3.21. The summed E-state index contributed by atoms with van der Waals surface area (Å²) in [7, 11) is 0. The van der Waals surface area contributed by atoms with Gasteiger partial charge < -0.3 is 9.64 Å². The number of benzene rings is 2. The van der Waals surface area contributed by atoms with E-state index in [2.05, 4.69) is 0 Å². The summed E-state index contributed by atoms with van der Waals surface area (Å²) in [6.45, 7) is 0.575. The SMILES string of the molecule is O=C1CCN(C(=O)CCOc2ccccc2)c2ccc(F)cc21. The van der Waals surface area contributed by atoms with Crippen molar-refractivity contribution in [3.05, 3.63) is 59.9 Å². The fourth-order valence-corrected chi connectivity index (χ4v) is 2.60. The molecule has 5 heteroatoms. The van der Waals surface area contributed by atoms with E-state index in [4.69, 9.17) is 4.74 Å². The Morgan fingerprint density at radius 1 is 1.17 bits per heavy atom. The maximum absolute atomic E-state index is 13.3. The molecule has 0 saturated heterocycles. The number of nitrogens with zero attached hydrogens (tertiary/aromatic N) is 1. The van der Waals surface area contributed by atoms with E-state index < -0.39 is 5.82 Å². The molecule has 2 aromatic carbocycles. The van der Waals surface area contributed by atoms with Crippen molar-refractivity contribution in [1.82, 2.24) is 0 Å². The average molecular weight is 313 g/mol. The second kappa shape index (κ2) is 6.60. The lowest BCUT2D eigenvalue weighted by Gasteiger charge is -2.28. The Kier molecular flexibility index (Phi) is 4.37. The van der Waals surface area contributed by atoms with Crippen LogP contribution < -0.4 is 9.64 Å². The monoisotopic (exact) mass is 313 g/mol. The standard InChI is InChI=1S/C18H16FNO3/c19-13-6-7-16-15(12-13)17(21)8-10-20(16)18(22)9-11-23-14-4-2-1-3-5-14/h1-7,12H,8-11H2. The maximum Gasteiger partial charge on any atom is 0.230 e. The van der Waals surface area contributed by atoms with Crippen molar-refractivity contribution in [1.29, 1.82) is 0 Å². The fraction of sp³-hybridized carbons (Fsp3) is 0.222. The van der Waals surface area contributed by atoms with Gasteiger partial charge in [0.15, 0.2) is 5.78 Å². The highest BCUT2D eigenvalue weighted by Gasteiger charge is 2.27. The first kappa shape index (κ1) is 15.2. The average Bonchev–Trinajstić information content (AvgIpc) is 2.56. The summed E-state index contributed by atoms with van der Waals surface area (Å²) in [6, 6.07) is 13.2. The molecule has 1 aliphatic rings. The van der Waals surface area contributed by atoms with Gasteiger partial charge in [0.2, 0.25) is 5.91 Å². The van der Waals surface area contributed by atoms with Crippen LogP contribution in [0.5, 0.6) is 5.75 Å². The smallest absolute Gasteiger partial charge is 0.230 e. The number of halogens is 1. The maximum atomic E-state index is 13.3. The zero-order valence-electron chi connectivity index (χ0n) is 12.5. The first-order valence-electron chi connectivity index (χ1n) is 7.46. The number of hydrogen-bond acceptors (Lipinski definition) is 3. The second-order valence-electron chi connectivity index (χ2n) is 5.29. The van der Waals surface area contributed by atoms with Crippen molar-refractivity contribution in [2.24, 2.45) is 0 Å². The summed E-state index contributed by atoms with van der Waals surface area (Å²) >= 11 is 0. The summed E-state index contributed by atoms with van der Waals surface area (Å²) < 4.78 is 18.8. The van der Waals surface area contributed by atoms with E-state index in [9.17, 15) is 14.0 Å². The minimum atomic E-state index is -0.473. The number of fused-ring (bicyclic) bond motifs is 1. The van der Waals surface area contributed by atoms with Gasteiger partial charge in [0.1, 0.15) is 11.6 Å². The summed E-state index contributed by atoms with van der Waals surface area (Å²) in [5.41, 5.74) is 0.751. The number of rotatable bonds is 4. The molecular formula is C18H16FNO3. The molecule has 0 spiro atoms. The van der Waals surface area contributed by atoms with Gasteiger partial charge in [0.05, 0.1) is 18.7 Å². The topological polar surface area (TPSA) is 46.6 Å². The van der Waals surface area contributed by atoms with Crippen LogP contribution in [0, 0.1) is 5.82 Å². The third kappa shape index (κ3) is 3.39. The minimum Gasteiger partial charge on any atom is -0.493 e. The van der Waals surface area contributed by atoms with Crippen molar-refractivity contribution < 1.29 is 18.7 Å². The van der Waals surface area contributed by atoms with Gasteiger partial charge in [-0.25, -0.2) is 4.39 Å². The first-order chi connectivity index (χ1) is 11.1. The zero-order valence-corrected chi connectivity index (χ0v) is 12.5. The van der Waals surface area contributed by atoms with E-state index in [0.29, 0.717) is 18.0 Å². The highest BCUT2D eigenvalue weighted by Crippen LogP contribution is 2.28. The highest BCUT2D eigenvalue weighted by molar-refractivity contribution is 6.08. The summed E-state index contributed by atoms with van der Waals surface area (Å²) in [6.07, 6.45) is 0.404. The van der Waals surface area contributed by atoms with Crippen molar-refractivity contribution >= 4 is 17.4 Å². The molecule has 4 nitrogen and oxygen atoms in total. The number of Topliss-reactive ketones (excluding diaryl/α,β-unsaturated/α-hetero) is 1. The summed E-state index contributed by atoms with van der Waals surface area (Å²) in [4.78, 5) is 25.8. The van der Waals surface area contributed by atoms with E-state index >= 15 is 0 Å². The predicted molar refractivity (Wildman–Crippen MR) is 84.3 cm³/mol. The van der Waals surface area contributed by atoms with Crippen molar-refractivity contribution in [2.45, 2.75) is 12.8 Å². The Bertz CT molecular complexity index is 730. The van der Waals surface area contributed by atoms with Crippen LogP contribution >= 0.6 is 0 Å². The molecule has 0 fully saturated rings.